The zero-order valence-corrected chi connectivity index (χ0v) is 7.79. The van der Waals surface area contributed by atoms with Gasteiger partial charge in [0.25, 0.3) is 0 Å². The predicted molar refractivity (Wildman–Crippen MR) is 50.0 cm³/mol. The molecule has 0 heterocycles. The summed E-state index contributed by atoms with van der Waals surface area (Å²) in [5, 5.41) is 8.37. The highest BCUT2D eigenvalue weighted by Gasteiger charge is 2.05. The maximum absolute atomic E-state index is 11.4. The standard InChI is InChI=1S/C9H10O3S/c10-9(11)6-7-13(12)8-4-2-1-3-5-8/h1-5H,6-7H2,(H,10,11)/t13-/m0/s1. The summed E-state index contributed by atoms with van der Waals surface area (Å²) >= 11 is 0. The van der Waals surface area contributed by atoms with Gasteiger partial charge in [0, 0.05) is 10.6 Å². The van der Waals surface area contributed by atoms with E-state index in [1.54, 1.807) is 24.3 Å². The lowest BCUT2D eigenvalue weighted by Gasteiger charge is -1.98. The molecule has 13 heavy (non-hydrogen) atoms. The second-order valence-electron chi connectivity index (χ2n) is 2.51. The van der Waals surface area contributed by atoms with E-state index < -0.39 is 16.8 Å². The Morgan fingerprint density at radius 3 is 2.46 bits per heavy atom. The summed E-state index contributed by atoms with van der Waals surface area (Å²) in [5.41, 5.74) is 0. The van der Waals surface area contributed by atoms with E-state index in [1.807, 2.05) is 6.07 Å². The van der Waals surface area contributed by atoms with Crippen LogP contribution in [0.1, 0.15) is 6.42 Å². The molecule has 0 bridgehead atoms. The minimum Gasteiger partial charge on any atom is -0.481 e. The van der Waals surface area contributed by atoms with Crippen molar-refractivity contribution < 1.29 is 14.1 Å². The SMILES string of the molecule is O=C(O)CC[S@](=O)c1ccccc1. The molecular weight excluding hydrogens is 188 g/mol. The Morgan fingerprint density at radius 1 is 1.31 bits per heavy atom. The van der Waals surface area contributed by atoms with Crippen LogP contribution in [0.5, 0.6) is 0 Å². The first kappa shape index (κ1) is 9.92. The molecule has 1 N–H and O–H groups in total. The molecule has 0 radical (unpaired) electrons. The molecule has 0 spiro atoms. The maximum Gasteiger partial charge on any atom is 0.304 e. The second kappa shape index (κ2) is 4.77. The van der Waals surface area contributed by atoms with Crippen LogP contribution >= 0.6 is 0 Å². The number of hydrogen-bond acceptors (Lipinski definition) is 2. The van der Waals surface area contributed by atoms with Crippen LogP contribution < -0.4 is 0 Å². The molecule has 0 aliphatic rings. The summed E-state index contributed by atoms with van der Waals surface area (Å²) in [6, 6.07) is 8.87. The van der Waals surface area contributed by atoms with Crippen molar-refractivity contribution in [1.82, 2.24) is 0 Å². The fourth-order valence-electron chi connectivity index (χ4n) is 0.870. The van der Waals surface area contributed by atoms with Crippen molar-refractivity contribution in [3.05, 3.63) is 30.3 Å². The molecule has 1 aromatic rings. The third-order valence-electron chi connectivity index (χ3n) is 1.51. The summed E-state index contributed by atoms with van der Waals surface area (Å²) in [4.78, 5) is 10.9. The van der Waals surface area contributed by atoms with Gasteiger partial charge < -0.3 is 5.11 Å². The van der Waals surface area contributed by atoms with Crippen molar-refractivity contribution in [3.63, 3.8) is 0 Å². The molecule has 0 saturated carbocycles. The van der Waals surface area contributed by atoms with Gasteiger partial charge in [-0.1, -0.05) is 18.2 Å². The Balaban J connectivity index is 2.54. The molecule has 1 rings (SSSR count). The molecule has 0 saturated heterocycles. The first-order valence-electron chi connectivity index (χ1n) is 3.85. The van der Waals surface area contributed by atoms with Gasteiger partial charge in [-0.2, -0.15) is 0 Å². The van der Waals surface area contributed by atoms with Crippen LogP contribution in [0.2, 0.25) is 0 Å². The molecule has 1 aromatic carbocycles. The number of hydrogen-bond donors (Lipinski definition) is 1. The van der Waals surface area contributed by atoms with Gasteiger partial charge in [-0.05, 0) is 12.1 Å². The van der Waals surface area contributed by atoms with Gasteiger partial charge in [-0.15, -0.1) is 0 Å². The van der Waals surface area contributed by atoms with Crippen LogP contribution in [0.25, 0.3) is 0 Å². The van der Waals surface area contributed by atoms with Crippen LogP contribution in [0, 0.1) is 0 Å². The molecule has 0 aliphatic carbocycles. The molecule has 0 fully saturated rings. The number of rotatable bonds is 4. The zero-order chi connectivity index (χ0) is 9.68. The number of carboxylic acid groups (broad SMARTS) is 1. The molecule has 3 nitrogen and oxygen atoms in total. The van der Waals surface area contributed by atoms with E-state index in [-0.39, 0.29) is 12.2 Å². The van der Waals surface area contributed by atoms with Crippen molar-refractivity contribution in [1.29, 1.82) is 0 Å². The lowest BCUT2D eigenvalue weighted by atomic mass is 10.4. The Hall–Kier alpha value is -1.16. The van der Waals surface area contributed by atoms with Gasteiger partial charge in [0.2, 0.25) is 0 Å². The van der Waals surface area contributed by atoms with E-state index in [4.69, 9.17) is 5.11 Å². The van der Waals surface area contributed by atoms with E-state index in [9.17, 15) is 9.00 Å². The van der Waals surface area contributed by atoms with Crippen molar-refractivity contribution >= 4 is 16.8 Å². The van der Waals surface area contributed by atoms with Crippen molar-refractivity contribution in [2.75, 3.05) is 5.75 Å². The zero-order valence-electron chi connectivity index (χ0n) is 6.97. The maximum atomic E-state index is 11.4. The van der Waals surface area contributed by atoms with Crippen molar-refractivity contribution in [2.45, 2.75) is 11.3 Å². The first-order valence-corrected chi connectivity index (χ1v) is 5.17. The van der Waals surface area contributed by atoms with Crippen LogP contribution in [-0.4, -0.2) is 21.0 Å². The molecule has 0 aliphatic heterocycles. The molecule has 0 unspecified atom stereocenters. The van der Waals surface area contributed by atoms with Gasteiger partial charge in [-0.25, -0.2) is 0 Å². The molecule has 0 aromatic heterocycles. The van der Waals surface area contributed by atoms with E-state index in [0.29, 0.717) is 4.90 Å². The topological polar surface area (TPSA) is 54.4 Å². The molecule has 1 atom stereocenters. The van der Waals surface area contributed by atoms with Crippen LogP contribution in [0.4, 0.5) is 0 Å². The fourth-order valence-corrected chi connectivity index (χ4v) is 1.93. The Kier molecular flexibility index (Phi) is 3.64. The van der Waals surface area contributed by atoms with E-state index in [2.05, 4.69) is 0 Å². The van der Waals surface area contributed by atoms with Crippen molar-refractivity contribution in [3.8, 4) is 0 Å². The molecule has 70 valence electrons. The van der Waals surface area contributed by atoms with Gasteiger partial charge in [0.15, 0.2) is 0 Å². The highest BCUT2D eigenvalue weighted by Crippen LogP contribution is 2.06. The van der Waals surface area contributed by atoms with Crippen LogP contribution in [0.15, 0.2) is 35.2 Å². The third-order valence-corrected chi connectivity index (χ3v) is 2.88. The van der Waals surface area contributed by atoms with Crippen LogP contribution in [-0.2, 0) is 15.6 Å². The summed E-state index contributed by atoms with van der Waals surface area (Å²) in [5.74, 6) is -0.733. The first-order chi connectivity index (χ1) is 6.20. The highest BCUT2D eigenvalue weighted by molar-refractivity contribution is 7.85. The summed E-state index contributed by atoms with van der Waals surface area (Å²) in [6.07, 6.45) is -0.0541. The third kappa shape index (κ3) is 3.38. The number of carbonyl (C=O) groups is 1. The average molecular weight is 198 g/mol. The summed E-state index contributed by atoms with van der Waals surface area (Å²) < 4.78 is 11.4. The Morgan fingerprint density at radius 2 is 1.92 bits per heavy atom. The van der Waals surface area contributed by atoms with Gasteiger partial charge in [0.05, 0.1) is 17.2 Å². The Bertz CT molecular complexity index is 308. The van der Waals surface area contributed by atoms with E-state index in [0.717, 1.165) is 0 Å². The number of benzene rings is 1. The van der Waals surface area contributed by atoms with Gasteiger partial charge in [-0.3, -0.25) is 9.00 Å². The van der Waals surface area contributed by atoms with Gasteiger partial charge >= 0.3 is 5.97 Å². The lowest BCUT2D eigenvalue weighted by molar-refractivity contribution is -0.136. The predicted octanol–water partition coefficient (Wildman–Crippen LogP) is 1.27. The smallest absolute Gasteiger partial charge is 0.304 e. The van der Waals surface area contributed by atoms with E-state index >= 15 is 0 Å². The van der Waals surface area contributed by atoms with Crippen molar-refractivity contribution in [2.24, 2.45) is 0 Å². The quantitative estimate of drug-likeness (QED) is 0.792. The monoisotopic (exact) mass is 198 g/mol. The van der Waals surface area contributed by atoms with Crippen LogP contribution in [0.3, 0.4) is 0 Å². The average Bonchev–Trinajstić information content (AvgIpc) is 2.15. The minimum absolute atomic E-state index is 0.0541. The molecule has 4 heteroatoms. The normalized spacial score (nSPS) is 12.3. The summed E-state index contributed by atoms with van der Waals surface area (Å²) in [7, 11) is -1.18. The molecular formula is C9H10O3S. The largest absolute Gasteiger partial charge is 0.481 e. The minimum atomic E-state index is -1.18. The Labute approximate surface area is 78.9 Å². The van der Waals surface area contributed by atoms with E-state index in [1.165, 1.54) is 0 Å². The number of aliphatic carboxylic acids is 1. The fraction of sp³-hybridized carbons (Fsp3) is 0.222. The summed E-state index contributed by atoms with van der Waals surface area (Å²) in [6.45, 7) is 0. The second-order valence-corrected chi connectivity index (χ2v) is 4.08. The lowest BCUT2D eigenvalue weighted by Crippen LogP contribution is -2.04. The van der Waals surface area contributed by atoms with Gasteiger partial charge in [0.1, 0.15) is 0 Å². The molecule has 0 amide bonds. The highest BCUT2D eigenvalue weighted by atomic mass is 32.2. The number of carboxylic acids is 1.